The highest BCUT2D eigenvalue weighted by Gasteiger charge is 2.03. The van der Waals surface area contributed by atoms with Crippen LogP contribution in [0.2, 0.25) is 0 Å². The van der Waals surface area contributed by atoms with Gasteiger partial charge in [0.2, 0.25) is 0 Å². The van der Waals surface area contributed by atoms with E-state index in [4.69, 9.17) is 0 Å². The molecule has 6 heteroatoms. The van der Waals surface area contributed by atoms with Crippen LogP contribution >= 0.6 is 11.8 Å². The fraction of sp³-hybridized carbons (Fsp3) is 0.600. The lowest BCUT2D eigenvalue weighted by atomic mass is 10.4. The smallest absolute Gasteiger partial charge is 0.191 e. The minimum atomic E-state index is 0.906. The number of nitrogens with one attached hydrogen (secondary N) is 2. The van der Waals surface area contributed by atoms with Gasteiger partial charge in [-0.2, -0.15) is 0 Å². The fourth-order valence-corrected chi connectivity index (χ4v) is 2.24. The van der Waals surface area contributed by atoms with Crippen LogP contribution in [0.15, 0.2) is 22.5 Å². The van der Waals surface area contributed by atoms with Crippen molar-refractivity contribution < 1.29 is 0 Å². The van der Waals surface area contributed by atoms with E-state index >= 15 is 0 Å². The zero-order valence-electron chi connectivity index (χ0n) is 9.44. The number of hydrogen-bond acceptors (Lipinski definition) is 5. The number of aromatic nitrogens is 2. The van der Waals surface area contributed by atoms with Gasteiger partial charge in [-0.1, -0.05) is 11.8 Å². The van der Waals surface area contributed by atoms with Crippen LogP contribution in [-0.2, 0) is 7.05 Å². The van der Waals surface area contributed by atoms with E-state index in [0.29, 0.717) is 0 Å². The molecule has 0 spiro atoms. The van der Waals surface area contributed by atoms with Crippen LogP contribution in [0, 0.1) is 0 Å². The van der Waals surface area contributed by atoms with E-state index in [2.05, 4.69) is 20.6 Å². The maximum absolute atomic E-state index is 4.35. The number of aliphatic imine (C=N–C) groups is 1. The molecule has 1 aliphatic heterocycles. The van der Waals surface area contributed by atoms with Crippen molar-refractivity contribution in [2.45, 2.75) is 11.6 Å². The number of nitrogens with zero attached hydrogens (tertiary/aromatic N) is 3. The summed E-state index contributed by atoms with van der Waals surface area (Å²) < 4.78 is 2.03. The molecule has 0 aromatic carbocycles. The molecule has 0 saturated carbocycles. The monoisotopic (exact) mass is 239 g/mol. The summed E-state index contributed by atoms with van der Waals surface area (Å²) in [5.74, 6) is 1.93. The summed E-state index contributed by atoms with van der Waals surface area (Å²) in [7, 11) is 2.01. The Labute approximate surface area is 99.7 Å². The second-order valence-electron chi connectivity index (χ2n) is 3.61. The molecule has 88 valence electrons. The first-order valence-corrected chi connectivity index (χ1v) is 6.47. The second-order valence-corrected chi connectivity index (χ2v) is 4.67. The number of hydrogen-bond donors (Lipinski definition) is 2. The molecular formula is C10H17N5S. The quantitative estimate of drug-likeness (QED) is 0.592. The van der Waals surface area contributed by atoms with Gasteiger partial charge in [-0.15, -0.1) is 0 Å². The highest BCUT2D eigenvalue weighted by atomic mass is 32.2. The van der Waals surface area contributed by atoms with Crippen molar-refractivity contribution in [3.63, 3.8) is 0 Å². The first-order chi connectivity index (χ1) is 7.86. The van der Waals surface area contributed by atoms with Crippen LogP contribution in [0.4, 0.5) is 0 Å². The minimum absolute atomic E-state index is 0.906. The molecule has 0 atom stereocenters. The summed E-state index contributed by atoms with van der Waals surface area (Å²) in [6.45, 7) is 2.86. The van der Waals surface area contributed by atoms with Gasteiger partial charge in [0, 0.05) is 44.8 Å². The van der Waals surface area contributed by atoms with Crippen molar-refractivity contribution in [1.82, 2.24) is 20.2 Å². The van der Waals surface area contributed by atoms with Gasteiger partial charge in [0.15, 0.2) is 11.1 Å². The molecule has 1 aromatic rings. The van der Waals surface area contributed by atoms with Crippen molar-refractivity contribution in [1.29, 1.82) is 0 Å². The van der Waals surface area contributed by atoms with Crippen molar-refractivity contribution >= 4 is 17.7 Å². The Morgan fingerprint density at radius 1 is 1.62 bits per heavy atom. The van der Waals surface area contributed by atoms with Crippen molar-refractivity contribution in [3.8, 4) is 0 Å². The van der Waals surface area contributed by atoms with Crippen molar-refractivity contribution in [3.05, 3.63) is 12.4 Å². The molecule has 0 unspecified atom stereocenters. The number of thioether (sulfide) groups is 1. The average molecular weight is 239 g/mol. The molecule has 0 bridgehead atoms. The molecule has 0 aliphatic carbocycles. The van der Waals surface area contributed by atoms with E-state index in [9.17, 15) is 0 Å². The Morgan fingerprint density at radius 2 is 2.56 bits per heavy atom. The Balaban J connectivity index is 1.65. The Hall–Kier alpha value is -1.17. The topological polar surface area (TPSA) is 54.2 Å². The molecule has 2 N–H and O–H groups in total. The predicted octanol–water partition coefficient (Wildman–Crippen LogP) is 0.451. The van der Waals surface area contributed by atoms with Crippen LogP contribution in [0.5, 0.6) is 0 Å². The summed E-state index contributed by atoms with van der Waals surface area (Å²) >= 11 is 1.75. The molecule has 0 amide bonds. The van der Waals surface area contributed by atoms with E-state index in [1.807, 2.05) is 24.0 Å². The first kappa shape index (κ1) is 11.3. The number of aryl methyl sites for hydroxylation is 1. The fourth-order valence-electron chi connectivity index (χ4n) is 1.45. The summed E-state index contributed by atoms with van der Waals surface area (Å²) in [4.78, 5) is 8.60. The molecule has 0 fully saturated rings. The molecule has 0 saturated heterocycles. The van der Waals surface area contributed by atoms with Crippen LogP contribution in [-0.4, -0.2) is 40.9 Å². The van der Waals surface area contributed by atoms with Crippen molar-refractivity contribution in [2.24, 2.45) is 12.0 Å². The minimum Gasteiger partial charge on any atom is -0.356 e. The lowest BCUT2D eigenvalue weighted by Crippen LogP contribution is -2.41. The van der Waals surface area contributed by atoms with E-state index in [0.717, 1.165) is 42.9 Å². The van der Waals surface area contributed by atoms with Gasteiger partial charge in [0.25, 0.3) is 0 Å². The second kappa shape index (κ2) is 5.79. The number of rotatable bonds is 4. The van der Waals surface area contributed by atoms with Crippen LogP contribution in [0.25, 0.3) is 0 Å². The maximum Gasteiger partial charge on any atom is 0.191 e. The SMILES string of the molecule is Cn1ccnc1SCCNC1=NCCCN1. The van der Waals surface area contributed by atoms with E-state index in [1.54, 1.807) is 11.8 Å². The molecule has 2 rings (SSSR count). The van der Waals surface area contributed by atoms with Gasteiger partial charge in [-0.05, 0) is 6.42 Å². The van der Waals surface area contributed by atoms with Gasteiger partial charge in [-0.3, -0.25) is 4.99 Å². The van der Waals surface area contributed by atoms with Gasteiger partial charge >= 0.3 is 0 Å². The summed E-state index contributed by atoms with van der Waals surface area (Å²) in [6.07, 6.45) is 4.91. The lowest BCUT2D eigenvalue weighted by molar-refractivity contribution is 0.709. The molecule has 1 aliphatic rings. The van der Waals surface area contributed by atoms with E-state index in [-0.39, 0.29) is 0 Å². The van der Waals surface area contributed by atoms with E-state index < -0.39 is 0 Å². The summed E-state index contributed by atoms with van der Waals surface area (Å²) in [6, 6.07) is 0. The summed E-state index contributed by atoms with van der Waals surface area (Å²) in [5.41, 5.74) is 0. The summed E-state index contributed by atoms with van der Waals surface area (Å²) in [5, 5.41) is 7.57. The highest BCUT2D eigenvalue weighted by molar-refractivity contribution is 7.99. The van der Waals surface area contributed by atoms with Gasteiger partial charge < -0.3 is 15.2 Å². The van der Waals surface area contributed by atoms with Gasteiger partial charge in [0.05, 0.1) is 0 Å². The zero-order valence-corrected chi connectivity index (χ0v) is 10.3. The van der Waals surface area contributed by atoms with Gasteiger partial charge in [0.1, 0.15) is 0 Å². The first-order valence-electron chi connectivity index (χ1n) is 5.48. The molecule has 2 heterocycles. The molecule has 0 radical (unpaired) electrons. The molecular weight excluding hydrogens is 222 g/mol. The molecule has 16 heavy (non-hydrogen) atoms. The van der Waals surface area contributed by atoms with Crippen molar-refractivity contribution in [2.75, 3.05) is 25.4 Å². The Morgan fingerprint density at radius 3 is 3.25 bits per heavy atom. The standard InChI is InChI=1S/C10H17N5S/c1-15-7-5-14-10(15)16-8-6-13-9-11-3-2-4-12-9/h5,7H,2-4,6,8H2,1H3,(H2,11,12,13). The predicted molar refractivity (Wildman–Crippen MR) is 66.9 cm³/mol. The normalized spacial score (nSPS) is 15.4. The third kappa shape index (κ3) is 3.16. The number of imidazole rings is 1. The molecule has 1 aromatic heterocycles. The molecule has 5 nitrogen and oxygen atoms in total. The Kier molecular flexibility index (Phi) is 4.10. The highest BCUT2D eigenvalue weighted by Crippen LogP contribution is 2.12. The number of guanidine groups is 1. The zero-order chi connectivity index (χ0) is 11.2. The van der Waals surface area contributed by atoms with Crippen LogP contribution < -0.4 is 10.6 Å². The lowest BCUT2D eigenvalue weighted by Gasteiger charge is -2.15. The van der Waals surface area contributed by atoms with Crippen LogP contribution in [0.3, 0.4) is 0 Å². The average Bonchev–Trinajstić information content (AvgIpc) is 2.72. The third-order valence-electron chi connectivity index (χ3n) is 2.30. The van der Waals surface area contributed by atoms with Gasteiger partial charge in [-0.25, -0.2) is 4.98 Å². The van der Waals surface area contributed by atoms with E-state index in [1.165, 1.54) is 0 Å². The third-order valence-corrected chi connectivity index (χ3v) is 3.36. The van der Waals surface area contributed by atoms with Crippen LogP contribution in [0.1, 0.15) is 6.42 Å². The maximum atomic E-state index is 4.35. The largest absolute Gasteiger partial charge is 0.356 e. The Bertz CT molecular complexity index is 360.